The molecule has 1 N–H and O–H groups in total. The molecule has 1 aromatic carbocycles. The quantitative estimate of drug-likeness (QED) is 0.559. The van der Waals surface area contributed by atoms with E-state index in [-0.39, 0.29) is 5.91 Å². The summed E-state index contributed by atoms with van der Waals surface area (Å²) >= 11 is 7.86. The van der Waals surface area contributed by atoms with Crippen molar-refractivity contribution in [3.8, 4) is 10.6 Å². The van der Waals surface area contributed by atoms with Crippen LogP contribution in [0.3, 0.4) is 0 Å². The van der Waals surface area contributed by atoms with Gasteiger partial charge in [-0.05, 0) is 48.6 Å². The molecule has 0 saturated heterocycles. The van der Waals surface area contributed by atoms with E-state index in [1.807, 2.05) is 24.3 Å². The van der Waals surface area contributed by atoms with Gasteiger partial charge in [-0.1, -0.05) is 43.4 Å². The van der Waals surface area contributed by atoms with Crippen molar-refractivity contribution in [3.05, 3.63) is 46.8 Å². The molecule has 3 aromatic rings. The number of halogens is 1. The molecule has 1 fully saturated rings. The van der Waals surface area contributed by atoms with Gasteiger partial charge in [-0.25, -0.2) is 0 Å². The summed E-state index contributed by atoms with van der Waals surface area (Å²) in [6, 6.07) is 12.5. The van der Waals surface area contributed by atoms with Gasteiger partial charge in [0.15, 0.2) is 0 Å². The van der Waals surface area contributed by atoms with Crippen molar-refractivity contribution in [2.75, 3.05) is 0 Å². The number of amides is 1. The van der Waals surface area contributed by atoms with Crippen LogP contribution in [0, 0.1) is 0 Å². The predicted molar refractivity (Wildman–Crippen MR) is 110 cm³/mol. The Morgan fingerprint density at radius 3 is 2.69 bits per heavy atom. The van der Waals surface area contributed by atoms with Crippen molar-refractivity contribution in [1.82, 2.24) is 9.88 Å². The van der Waals surface area contributed by atoms with E-state index in [1.54, 1.807) is 11.3 Å². The summed E-state index contributed by atoms with van der Waals surface area (Å²) in [6.07, 6.45) is 7.22. The molecule has 0 bridgehead atoms. The number of hydrogen-bond acceptors (Lipinski definition) is 2. The lowest BCUT2D eigenvalue weighted by Gasteiger charge is -2.17. The highest BCUT2D eigenvalue weighted by molar-refractivity contribution is 7.13. The summed E-state index contributed by atoms with van der Waals surface area (Å²) in [5.41, 5.74) is 2.13. The number of thiophene rings is 1. The van der Waals surface area contributed by atoms with Crippen LogP contribution in [-0.4, -0.2) is 16.5 Å². The first-order valence-electron chi connectivity index (χ1n) is 9.33. The molecule has 1 saturated carbocycles. The zero-order chi connectivity index (χ0) is 17.9. The summed E-state index contributed by atoms with van der Waals surface area (Å²) in [4.78, 5) is 13.9. The van der Waals surface area contributed by atoms with Gasteiger partial charge in [0.1, 0.15) is 6.54 Å². The Bertz CT molecular complexity index is 892. The molecule has 0 aliphatic heterocycles. The number of nitrogens with one attached hydrogen (secondary N) is 1. The fraction of sp³-hybridized carbons (Fsp3) is 0.381. The van der Waals surface area contributed by atoms with E-state index in [4.69, 9.17) is 11.6 Å². The molecular formula is C21H23ClN2OS. The van der Waals surface area contributed by atoms with Gasteiger partial charge in [0, 0.05) is 22.0 Å². The van der Waals surface area contributed by atoms with Crippen LogP contribution in [0.15, 0.2) is 41.8 Å². The van der Waals surface area contributed by atoms with Crippen molar-refractivity contribution in [2.24, 2.45) is 0 Å². The summed E-state index contributed by atoms with van der Waals surface area (Å²) in [6.45, 7) is 0.342. The minimum Gasteiger partial charge on any atom is -0.352 e. The lowest BCUT2D eigenvalue weighted by atomic mass is 10.1. The Morgan fingerprint density at radius 2 is 1.96 bits per heavy atom. The van der Waals surface area contributed by atoms with Gasteiger partial charge >= 0.3 is 0 Å². The molecule has 0 radical (unpaired) electrons. The first-order chi connectivity index (χ1) is 12.7. The molecule has 26 heavy (non-hydrogen) atoms. The Kier molecular flexibility index (Phi) is 5.32. The maximum Gasteiger partial charge on any atom is 0.240 e. The van der Waals surface area contributed by atoms with Gasteiger partial charge in [0.25, 0.3) is 0 Å². The number of carbonyl (C=O) groups is 1. The van der Waals surface area contributed by atoms with Crippen LogP contribution in [0.4, 0.5) is 0 Å². The molecule has 0 unspecified atom stereocenters. The molecular weight excluding hydrogens is 364 g/mol. The minimum atomic E-state index is 0.0992. The summed E-state index contributed by atoms with van der Waals surface area (Å²) < 4.78 is 2.11. The van der Waals surface area contributed by atoms with E-state index in [9.17, 15) is 4.79 Å². The molecule has 1 aliphatic rings. The monoisotopic (exact) mass is 386 g/mol. The van der Waals surface area contributed by atoms with E-state index in [0.29, 0.717) is 12.6 Å². The van der Waals surface area contributed by atoms with Crippen molar-refractivity contribution in [2.45, 2.75) is 51.1 Å². The fourth-order valence-corrected chi connectivity index (χ4v) is 4.81. The molecule has 1 amide bonds. The summed E-state index contributed by atoms with van der Waals surface area (Å²) in [7, 11) is 0. The third-order valence-corrected chi connectivity index (χ3v) is 6.29. The summed E-state index contributed by atoms with van der Waals surface area (Å²) in [5, 5.41) is 7.12. The lowest BCUT2D eigenvalue weighted by molar-refractivity contribution is -0.122. The van der Waals surface area contributed by atoms with Crippen molar-refractivity contribution < 1.29 is 4.79 Å². The van der Waals surface area contributed by atoms with Crippen LogP contribution < -0.4 is 5.32 Å². The molecule has 4 rings (SSSR count). The maximum absolute atomic E-state index is 12.8. The molecule has 0 spiro atoms. The fourth-order valence-electron chi connectivity index (χ4n) is 3.88. The van der Waals surface area contributed by atoms with Gasteiger partial charge in [-0.2, -0.15) is 0 Å². The molecule has 136 valence electrons. The largest absolute Gasteiger partial charge is 0.352 e. The predicted octanol–water partition coefficient (Wildman–Crippen LogP) is 5.86. The zero-order valence-corrected chi connectivity index (χ0v) is 16.3. The van der Waals surface area contributed by atoms with Gasteiger partial charge < -0.3 is 9.88 Å². The van der Waals surface area contributed by atoms with E-state index < -0.39 is 0 Å². The van der Waals surface area contributed by atoms with Gasteiger partial charge in [0.2, 0.25) is 5.91 Å². The standard InChI is InChI=1S/C21H23ClN2OS/c22-16-9-10-18-15(12-16)13-19(20-8-5-11-26-20)24(18)14-21(25)23-17-6-3-1-2-4-7-17/h5,8-13,17H,1-4,6-7,14H2,(H,23,25). The zero-order valence-electron chi connectivity index (χ0n) is 14.7. The Morgan fingerprint density at radius 1 is 1.15 bits per heavy atom. The van der Waals surface area contributed by atoms with Crippen LogP contribution in [0.5, 0.6) is 0 Å². The van der Waals surface area contributed by atoms with E-state index in [2.05, 4.69) is 27.4 Å². The SMILES string of the molecule is O=C(Cn1c(-c2cccs2)cc2cc(Cl)ccc21)NC1CCCCCC1. The molecule has 5 heteroatoms. The lowest BCUT2D eigenvalue weighted by Crippen LogP contribution is -2.36. The Balaban J connectivity index is 1.62. The number of nitrogens with zero attached hydrogens (tertiary/aromatic N) is 1. The normalized spacial score (nSPS) is 15.9. The van der Waals surface area contributed by atoms with Gasteiger partial charge in [-0.15, -0.1) is 11.3 Å². The number of rotatable bonds is 4. The van der Waals surface area contributed by atoms with Crippen LogP contribution >= 0.6 is 22.9 Å². The van der Waals surface area contributed by atoms with Crippen LogP contribution in [0.1, 0.15) is 38.5 Å². The van der Waals surface area contributed by atoms with Crippen LogP contribution in [0.2, 0.25) is 5.02 Å². The minimum absolute atomic E-state index is 0.0992. The van der Waals surface area contributed by atoms with E-state index in [1.165, 1.54) is 30.6 Å². The average Bonchev–Trinajstić information content (AvgIpc) is 3.18. The van der Waals surface area contributed by atoms with E-state index >= 15 is 0 Å². The summed E-state index contributed by atoms with van der Waals surface area (Å²) in [5.74, 6) is 0.0992. The number of benzene rings is 1. The van der Waals surface area contributed by atoms with Crippen LogP contribution in [0.25, 0.3) is 21.5 Å². The van der Waals surface area contributed by atoms with E-state index in [0.717, 1.165) is 34.5 Å². The second-order valence-electron chi connectivity index (χ2n) is 7.05. The molecule has 2 heterocycles. The second-order valence-corrected chi connectivity index (χ2v) is 8.44. The third kappa shape index (κ3) is 3.81. The van der Waals surface area contributed by atoms with Gasteiger partial charge in [-0.3, -0.25) is 4.79 Å². The molecule has 1 aliphatic carbocycles. The first kappa shape index (κ1) is 17.6. The van der Waals surface area contributed by atoms with Crippen LogP contribution in [-0.2, 0) is 11.3 Å². The van der Waals surface area contributed by atoms with Crippen molar-refractivity contribution >= 4 is 39.7 Å². The topological polar surface area (TPSA) is 34.0 Å². The third-order valence-electron chi connectivity index (χ3n) is 5.16. The molecule has 2 aromatic heterocycles. The number of fused-ring (bicyclic) bond motifs is 1. The highest BCUT2D eigenvalue weighted by atomic mass is 35.5. The Hall–Kier alpha value is -1.78. The van der Waals surface area contributed by atoms with Crippen molar-refractivity contribution in [1.29, 1.82) is 0 Å². The van der Waals surface area contributed by atoms with Crippen molar-refractivity contribution in [3.63, 3.8) is 0 Å². The first-order valence-corrected chi connectivity index (χ1v) is 10.6. The number of carbonyl (C=O) groups excluding carboxylic acids is 1. The molecule has 0 atom stereocenters. The average molecular weight is 387 g/mol. The van der Waals surface area contributed by atoms with Gasteiger partial charge in [0.05, 0.1) is 10.6 Å². The number of aromatic nitrogens is 1. The molecule has 3 nitrogen and oxygen atoms in total. The Labute approximate surface area is 163 Å². The maximum atomic E-state index is 12.8. The smallest absolute Gasteiger partial charge is 0.240 e. The highest BCUT2D eigenvalue weighted by Gasteiger charge is 2.18. The number of hydrogen-bond donors (Lipinski definition) is 1. The highest BCUT2D eigenvalue weighted by Crippen LogP contribution is 2.32. The second kappa shape index (κ2) is 7.85.